The lowest BCUT2D eigenvalue weighted by atomic mass is 10.1. The standard InChI is InChI=1S/C21H18F3N3OS/c22-21(23,24)14-4-3-5-15(12-14)26-19-16-6-1-2-7-18(16)25-13-17(19)20(28)27-8-10-29-11-9-27/h1-7,12-13H,8-11H2,(H,25,26). The molecule has 0 atom stereocenters. The third kappa shape index (κ3) is 4.17. The number of aromatic nitrogens is 1. The lowest BCUT2D eigenvalue weighted by Crippen LogP contribution is -2.38. The van der Waals surface area contributed by atoms with Crippen LogP contribution in [0.15, 0.2) is 54.7 Å². The number of amides is 1. The predicted octanol–water partition coefficient (Wildman–Crippen LogP) is 5.19. The first-order valence-electron chi connectivity index (χ1n) is 9.12. The summed E-state index contributed by atoms with van der Waals surface area (Å²) >= 11 is 1.79. The number of hydrogen-bond acceptors (Lipinski definition) is 4. The number of fused-ring (bicyclic) bond motifs is 1. The van der Waals surface area contributed by atoms with E-state index in [1.165, 1.54) is 12.3 Å². The molecule has 0 spiro atoms. The maximum atomic E-state index is 13.1. The number of carbonyl (C=O) groups is 1. The number of hydrogen-bond donors (Lipinski definition) is 1. The molecule has 150 valence electrons. The van der Waals surface area contributed by atoms with Gasteiger partial charge in [0.25, 0.3) is 5.91 Å². The highest BCUT2D eigenvalue weighted by atomic mass is 32.2. The first-order valence-corrected chi connectivity index (χ1v) is 10.3. The van der Waals surface area contributed by atoms with Gasteiger partial charge in [-0.1, -0.05) is 24.3 Å². The molecule has 0 bridgehead atoms. The molecule has 3 aromatic rings. The maximum Gasteiger partial charge on any atom is 0.416 e. The van der Waals surface area contributed by atoms with Crippen molar-refractivity contribution >= 4 is 39.9 Å². The minimum Gasteiger partial charge on any atom is -0.354 e. The fraction of sp³-hybridized carbons (Fsp3) is 0.238. The van der Waals surface area contributed by atoms with Crippen LogP contribution in [-0.2, 0) is 6.18 Å². The fourth-order valence-electron chi connectivity index (χ4n) is 3.29. The van der Waals surface area contributed by atoms with E-state index in [0.29, 0.717) is 35.2 Å². The van der Waals surface area contributed by atoms with Gasteiger partial charge in [-0.15, -0.1) is 0 Å². The molecule has 1 aliphatic heterocycles. The molecule has 0 unspecified atom stereocenters. The Kier molecular flexibility index (Phi) is 5.36. The van der Waals surface area contributed by atoms with Gasteiger partial charge in [0, 0.05) is 41.9 Å². The second kappa shape index (κ2) is 7.94. The molecule has 4 rings (SSSR count). The molecule has 1 aliphatic rings. The Morgan fingerprint density at radius 3 is 2.59 bits per heavy atom. The van der Waals surface area contributed by atoms with Crippen LogP contribution in [0.1, 0.15) is 15.9 Å². The van der Waals surface area contributed by atoms with E-state index >= 15 is 0 Å². The molecule has 1 fully saturated rings. The molecule has 2 heterocycles. The van der Waals surface area contributed by atoms with Crippen molar-refractivity contribution in [2.75, 3.05) is 29.9 Å². The molecular weight excluding hydrogens is 399 g/mol. The van der Waals surface area contributed by atoms with Crippen molar-refractivity contribution in [1.82, 2.24) is 9.88 Å². The third-order valence-corrected chi connectivity index (χ3v) is 5.71. The van der Waals surface area contributed by atoms with Crippen molar-refractivity contribution < 1.29 is 18.0 Å². The lowest BCUT2D eigenvalue weighted by Gasteiger charge is -2.27. The van der Waals surface area contributed by atoms with Crippen LogP contribution in [-0.4, -0.2) is 40.4 Å². The highest BCUT2D eigenvalue weighted by Gasteiger charge is 2.30. The summed E-state index contributed by atoms with van der Waals surface area (Å²) in [7, 11) is 0. The number of nitrogens with one attached hydrogen (secondary N) is 1. The Morgan fingerprint density at radius 1 is 1.07 bits per heavy atom. The Balaban J connectivity index is 1.78. The van der Waals surface area contributed by atoms with Crippen LogP contribution < -0.4 is 5.32 Å². The van der Waals surface area contributed by atoms with Crippen LogP contribution in [0.25, 0.3) is 10.9 Å². The van der Waals surface area contributed by atoms with E-state index in [2.05, 4.69) is 10.3 Å². The van der Waals surface area contributed by atoms with Crippen molar-refractivity contribution in [3.8, 4) is 0 Å². The number of pyridine rings is 1. The SMILES string of the molecule is O=C(c1cnc2ccccc2c1Nc1cccc(C(F)(F)F)c1)N1CCSCC1. The highest BCUT2D eigenvalue weighted by Crippen LogP contribution is 2.34. The molecule has 1 saturated heterocycles. The number of benzene rings is 2. The topological polar surface area (TPSA) is 45.2 Å². The van der Waals surface area contributed by atoms with Crippen molar-refractivity contribution in [3.63, 3.8) is 0 Å². The maximum absolute atomic E-state index is 13.1. The van der Waals surface area contributed by atoms with Crippen molar-refractivity contribution in [2.24, 2.45) is 0 Å². The van der Waals surface area contributed by atoms with Gasteiger partial charge in [0.2, 0.25) is 0 Å². The Morgan fingerprint density at radius 2 is 1.83 bits per heavy atom. The van der Waals surface area contributed by atoms with E-state index in [1.807, 2.05) is 12.1 Å². The number of para-hydroxylation sites is 1. The van der Waals surface area contributed by atoms with Crippen LogP contribution in [0.2, 0.25) is 0 Å². The first-order chi connectivity index (χ1) is 13.9. The van der Waals surface area contributed by atoms with Gasteiger partial charge in [0.15, 0.2) is 0 Å². The summed E-state index contributed by atoms with van der Waals surface area (Å²) in [5, 5.41) is 3.74. The summed E-state index contributed by atoms with van der Waals surface area (Å²) < 4.78 is 39.3. The molecule has 1 N–H and O–H groups in total. The van der Waals surface area contributed by atoms with Crippen LogP contribution in [0.3, 0.4) is 0 Å². The van der Waals surface area contributed by atoms with E-state index in [1.54, 1.807) is 34.9 Å². The summed E-state index contributed by atoms with van der Waals surface area (Å²) in [6.07, 6.45) is -2.94. The number of anilines is 2. The molecule has 29 heavy (non-hydrogen) atoms. The average Bonchev–Trinajstić information content (AvgIpc) is 2.74. The van der Waals surface area contributed by atoms with Gasteiger partial charge in [-0.2, -0.15) is 24.9 Å². The zero-order chi connectivity index (χ0) is 20.4. The summed E-state index contributed by atoms with van der Waals surface area (Å²) in [5.74, 6) is 1.56. The van der Waals surface area contributed by atoms with Gasteiger partial charge in [0.1, 0.15) is 0 Å². The first kappa shape index (κ1) is 19.6. The summed E-state index contributed by atoms with van der Waals surface area (Å²) in [6.45, 7) is 1.28. The molecule has 1 aromatic heterocycles. The number of alkyl halides is 3. The second-order valence-corrected chi connectivity index (χ2v) is 7.90. The van der Waals surface area contributed by atoms with Crippen LogP contribution in [0, 0.1) is 0 Å². The second-order valence-electron chi connectivity index (χ2n) is 6.67. The molecule has 0 aliphatic carbocycles. The van der Waals surface area contributed by atoms with Crippen molar-refractivity contribution in [3.05, 3.63) is 65.9 Å². The molecule has 4 nitrogen and oxygen atoms in total. The number of halogens is 3. The third-order valence-electron chi connectivity index (χ3n) is 4.76. The molecule has 1 amide bonds. The fourth-order valence-corrected chi connectivity index (χ4v) is 4.20. The largest absolute Gasteiger partial charge is 0.416 e. The highest BCUT2D eigenvalue weighted by molar-refractivity contribution is 7.99. The monoisotopic (exact) mass is 417 g/mol. The van der Waals surface area contributed by atoms with E-state index in [-0.39, 0.29) is 11.6 Å². The Labute approximate surface area is 170 Å². The number of thioether (sulfide) groups is 1. The van der Waals surface area contributed by atoms with Gasteiger partial charge < -0.3 is 10.2 Å². The molecule has 0 saturated carbocycles. The van der Waals surface area contributed by atoms with E-state index in [4.69, 9.17) is 0 Å². The molecule has 2 aromatic carbocycles. The number of carbonyl (C=O) groups excluding carboxylic acids is 1. The lowest BCUT2D eigenvalue weighted by molar-refractivity contribution is -0.137. The minimum atomic E-state index is -4.44. The zero-order valence-corrected chi connectivity index (χ0v) is 16.2. The van der Waals surface area contributed by atoms with Crippen molar-refractivity contribution in [1.29, 1.82) is 0 Å². The average molecular weight is 417 g/mol. The summed E-state index contributed by atoms with van der Waals surface area (Å²) in [5.41, 5.74) is 1.00. The van der Waals surface area contributed by atoms with Gasteiger partial charge in [-0.3, -0.25) is 9.78 Å². The molecule has 0 radical (unpaired) electrons. The number of nitrogens with zero attached hydrogens (tertiary/aromatic N) is 2. The smallest absolute Gasteiger partial charge is 0.354 e. The Bertz CT molecular complexity index is 1050. The summed E-state index contributed by atoms with van der Waals surface area (Å²) in [4.78, 5) is 19.3. The van der Waals surface area contributed by atoms with Gasteiger partial charge >= 0.3 is 6.18 Å². The molecule has 8 heteroatoms. The van der Waals surface area contributed by atoms with Crippen molar-refractivity contribution in [2.45, 2.75) is 6.18 Å². The normalized spacial score (nSPS) is 14.8. The van der Waals surface area contributed by atoms with Gasteiger partial charge in [-0.25, -0.2) is 0 Å². The van der Waals surface area contributed by atoms with E-state index in [9.17, 15) is 18.0 Å². The summed E-state index contributed by atoms with van der Waals surface area (Å²) in [6, 6.07) is 12.2. The Hall–Kier alpha value is -2.74. The van der Waals surface area contributed by atoms with Crippen LogP contribution in [0.4, 0.5) is 24.5 Å². The van der Waals surface area contributed by atoms with Gasteiger partial charge in [0.05, 0.1) is 22.3 Å². The van der Waals surface area contributed by atoms with E-state index < -0.39 is 11.7 Å². The minimum absolute atomic E-state index is 0.168. The molecular formula is C21H18F3N3OS. The van der Waals surface area contributed by atoms with E-state index in [0.717, 1.165) is 23.6 Å². The number of rotatable bonds is 3. The van der Waals surface area contributed by atoms with Crippen LogP contribution in [0.5, 0.6) is 0 Å². The predicted molar refractivity (Wildman–Crippen MR) is 110 cm³/mol. The quantitative estimate of drug-likeness (QED) is 0.637. The van der Waals surface area contributed by atoms with Crippen LogP contribution >= 0.6 is 11.8 Å². The van der Waals surface area contributed by atoms with Gasteiger partial charge in [-0.05, 0) is 24.3 Å². The zero-order valence-electron chi connectivity index (χ0n) is 15.4.